The second-order valence-corrected chi connectivity index (χ2v) is 7.66. The SMILES string of the molecule is CCOc1cc([C@H]2NC(=O)NC(C)=C2C(=O)OC)ccc1OC[C@@H](O)N/N=C\c1ccc(O)cc1O. The highest BCUT2D eigenvalue weighted by atomic mass is 16.5. The van der Waals surface area contributed by atoms with Gasteiger partial charge in [-0.15, -0.1) is 0 Å². The summed E-state index contributed by atoms with van der Waals surface area (Å²) in [6, 6.07) is 7.69. The lowest BCUT2D eigenvalue weighted by Gasteiger charge is -2.28. The highest BCUT2D eigenvalue weighted by Crippen LogP contribution is 2.35. The summed E-state index contributed by atoms with van der Waals surface area (Å²) in [6.07, 6.45) is 0.0787. The molecule has 0 saturated heterocycles. The van der Waals surface area contributed by atoms with E-state index in [0.717, 1.165) is 0 Å². The molecule has 192 valence electrons. The van der Waals surface area contributed by atoms with Gasteiger partial charge in [0.25, 0.3) is 0 Å². The number of carbonyl (C=O) groups excluding carboxylic acids is 2. The second kappa shape index (κ2) is 11.8. The number of phenols is 2. The average molecular weight is 501 g/mol. The van der Waals surface area contributed by atoms with Crippen LogP contribution in [0.15, 0.2) is 52.8 Å². The highest BCUT2D eigenvalue weighted by molar-refractivity contribution is 5.95. The van der Waals surface area contributed by atoms with Crippen LogP contribution in [0.25, 0.3) is 0 Å². The van der Waals surface area contributed by atoms with Gasteiger partial charge in [0.1, 0.15) is 18.1 Å². The number of nitrogens with zero attached hydrogens (tertiary/aromatic N) is 1. The Balaban J connectivity index is 1.71. The van der Waals surface area contributed by atoms with Gasteiger partial charge >= 0.3 is 12.0 Å². The fourth-order valence-electron chi connectivity index (χ4n) is 3.46. The molecule has 2 aromatic rings. The second-order valence-electron chi connectivity index (χ2n) is 7.66. The van der Waals surface area contributed by atoms with Crippen molar-refractivity contribution in [2.75, 3.05) is 20.3 Å². The number of esters is 1. The molecule has 12 heteroatoms. The summed E-state index contributed by atoms with van der Waals surface area (Å²) in [5.74, 6) is -0.175. The van der Waals surface area contributed by atoms with Gasteiger partial charge in [-0.05, 0) is 43.7 Å². The number of urea groups is 1. The van der Waals surface area contributed by atoms with E-state index < -0.39 is 24.3 Å². The van der Waals surface area contributed by atoms with E-state index in [1.165, 1.54) is 31.5 Å². The van der Waals surface area contributed by atoms with E-state index in [2.05, 4.69) is 21.2 Å². The van der Waals surface area contributed by atoms with Crippen molar-refractivity contribution in [2.45, 2.75) is 26.1 Å². The summed E-state index contributed by atoms with van der Waals surface area (Å²) in [5.41, 5.74) is 4.00. The Hall–Kier alpha value is -4.45. The van der Waals surface area contributed by atoms with Crippen molar-refractivity contribution in [3.8, 4) is 23.0 Å². The first-order valence-corrected chi connectivity index (χ1v) is 11.0. The van der Waals surface area contributed by atoms with Crippen molar-refractivity contribution in [1.29, 1.82) is 0 Å². The minimum atomic E-state index is -1.20. The number of benzene rings is 2. The molecule has 0 aromatic heterocycles. The minimum Gasteiger partial charge on any atom is -0.508 e. The van der Waals surface area contributed by atoms with Crippen LogP contribution in [0.2, 0.25) is 0 Å². The largest absolute Gasteiger partial charge is 0.508 e. The van der Waals surface area contributed by atoms with Crippen LogP contribution < -0.4 is 25.5 Å². The first-order valence-electron chi connectivity index (χ1n) is 11.0. The Bertz CT molecular complexity index is 1180. The number of methoxy groups -OCH3 is 1. The van der Waals surface area contributed by atoms with Crippen LogP contribution in [0.3, 0.4) is 0 Å². The Kier molecular flexibility index (Phi) is 8.57. The first-order chi connectivity index (χ1) is 17.2. The lowest BCUT2D eigenvalue weighted by atomic mass is 9.95. The molecule has 1 aliphatic heterocycles. The maximum atomic E-state index is 12.3. The van der Waals surface area contributed by atoms with Gasteiger partial charge < -0.3 is 40.2 Å². The molecule has 0 radical (unpaired) electrons. The number of phenolic OH excluding ortho intramolecular Hbond substituents is 2. The first kappa shape index (κ1) is 26.2. The quantitative estimate of drug-likeness (QED) is 0.123. The molecule has 2 atom stereocenters. The predicted octanol–water partition coefficient (Wildman–Crippen LogP) is 1.62. The molecule has 0 fully saturated rings. The van der Waals surface area contributed by atoms with Gasteiger partial charge in [0.05, 0.1) is 31.5 Å². The summed E-state index contributed by atoms with van der Waals surface area (Å²) in [7, 11) is 1.26. The normalized spacial score (nSPS) is 16.2. The van der Waals surface area contributed by atoms with Gasteiger partial charge in [-0.3, -0.25) is 5.43 Å². The average Bonchev–Trinajstić information content (AvgIpc) is 2.84. The van der Waals surface area contributed by atoms with E-state index >= 15 is 0 Å². The number of ether oxygens (including phenoxy) is 3. The topological polar surface area (TPSA) is 171 Å². The van der Waals surface area contributed by atoms with Gasteiger partial charge in [-0.2, -0.15) is 5.10 Å². The van der Waals surface area contributed by atoms with Gasteiger partial charge in [0.15, 0.2) is 17.7 Å². The third-order valence-corrected chi connectivity index (χ3v) is 5.11. The maximum Gasteiger partial charge on any atom is 0.337 e. The molecular weight excluding hydrogens is 472 g/mol. The number of hydrazone groups is 1. The summed E-state index contributed by atoms with van der Waals surface area (Å²) in [5, 5.41) is 38.4. The third kappa shape index (κ3) is 6.36. The monoisotopic (exact) mass is 500 g/mol. The smallest absolute Gasteiger partial charge is 0.337 e. The molecule has 0 saturated carbocycles. The molecule has 1 heterocycles. The zero-order chi connectivity index (χ0) is 26.2. The highest BCUT2D eigenvalue weighted by Gasteiger charge is 2.32. The maximum absolute atomic E-state index is 12.3. The van der Waals surface area contributed by atoms with E-state index in [-0.39, 0.29) is 23.7 Å². The number of aliphatic hydroxyl groups is 1. The number of aliphatic hydroxyl groups excluding tert-OH is 1. The number of allylic oxidation sites excluding steroid dienone is 1. The van der Waals surface area contributed by atoms with Gasteiger partial charge in [0, 0.05) is 17.3 Å². The molecule has 6 N–H and O–H groups in total. The standard InChI is InChI=1S/C24H28N4O8/c1-4-35-19-9-14(22-21(23(32)34-3)13(2)26-24(33)27-22)6-8-18(19)36-12-20(31)28-25-11-15-5-7-16(29)10-17(15)30/h5-11,20,22,28-31H,4,12H2,1-3H3,(H2,26,27,33)/b25-11-/t20-,22-/m1/s1. The van der Waals surface area contributed by atoms with Crippen molar-refractivity contribution in [3.63, 3.8) is 0 Å². The Morgan fingerprint density at radius 3 is 2.67 bits per heavy atom. The van der Waals surface area contributed by atoms with Crippen LogP contribution in [-0.4, -0.2) is 60.1 Å². The molecule has 0 bridgehead atoms. The van der Waals surface area contributed by atoms with Crippen LogP contribution in [0.4, 0.5) is 4.79 Å². The van der Waals surface area contributed by atoms with Crippen LogP contribution in [0.5, 0.6) is 23.0 Å². The zero-order valence-corrected chi connectivity index (χ0v) is 19.9. The van der Waals surface area contributed by atoms with Crippen LogP contribution in [-0.2, 0) is 9.53 Å². The molecular formula is C24H28N4O8. The van der Waals surface area contributed by atoms with Crippen LogP contribution >= 0.6 is 0 Å². The summed E-state index contributed by atoms with van der Waals surface area (Å²) in [6.45, 7) is 3.52. The van der Waals surface area contributed by atoms with Crippen molar-refractivity contribution in [1.82, 2.24) is 16.1 Å². The molecule has 2 aromatic carbocycles. The van der Waals surface area contributed by atoms with Crippen LogP contribution in [0, 0.1) is 0 Å². The number of aromatic hydroxyl groups is 2. The number of hydrogen-bond acceptors (Lipinski definition) is 10. The molecule has 0 aliphatic carbocycles. The molecule has 12 nitrogen and oxygen atoms in total. The zero-order valence-electron chi connectivity index (χ0n) is 19.9. The number of hydrogen-bond donors (Lipinski definition) is 6. The number of nitrogens with one attached hydrogen (secondary N) is 3. The number of rotatable bonds is 10. The Morgan fingerprint density at radius 2 is 1.97 bits per heavy atom. The van der Waals surface area contributed by atoms with Gasteiger partial charge in [-0.25, -0.2) is 9.59 Å². The summed E-state index contributed by atoms with van der Waals surface area (Å²) in [4.78, 5) is 24.4. The lowest BCUT2D eigenvalue weighted by molar-refractivity contribution is -0.136. The molecule has 36 heavy (non-hydrogen) atoms. The van der Waals surface area contributed by atoms with Gasteiger partial charge in [0.2, 0.25) is 0 Å². The number of amides is 2. The molecule has 3 rings (SSSR count). The van der Waals surface area contributed by atoms with Crippen molar-refractivity contribution in [2.24, 2.45) is 5.10 Å². The lowest BCUT2D eigenvalue weighted by Crippen LogP contribution is -2.45. The van der Waals surface area contributed by atoms with E-state index in [4.69, 9.17) is 14.2 Å². The number of carbonyl (C=O) groups is 2. The van der Waals surface area contributed by atoms with Gasteiger partial charge in [-0.1, -0.05) is 6.07 Å². The minimum absolute atomic E-state index is 0.0858. The van der Waals surface area contributed by atoms with Crippen molar-refractivity contribution < 1.29 is 39.1 Å². The Morgan fingerprint density at radius 1 is 1.19 bits per heavy atom. The van der Waals surface area contributed by atoms with Crippen molar-refractivity contribution in [3.05, 3.63) is 58.8 Å². The van der Waals surface area contributed by atoms with E-state index in [0.29, 0.717) is 34.9 Å². The molecule has 0 spiro atoms. The Labute approximate surface area is 207 Å². The fourth-order valence-corrected chi connectivity index (χ4v) is 3.46. The summed E-state index contributed by atoms with van der Waals surface area (Å²) < 4.78 is 16.2. The van der Waals surface area contributed by atoms with E-state index in [1.54, 1.807) is 32.0 Å². The van der Waals surface area contributed by atoms with Crippen molar-refractivity contribution >= 4 is 18.2 Å². The third-order valence-electron chi connectivity index (χ3n) is 5.11. The van der Waals surface area contributed by atoms with Crippen LogP contribution in [0.1, 0.15) is 31.0 Å². The molecule has 1 aliphatic rings. The molecule has 2 amide bonds. The fraction of sp³-hybridized carbons (Fsp3) is 0.292. The predicted molar refractivity (Wildman–Crippen MR) is 129 cm³/mol. The summed E-state index contributed by atoms with van der Waals surface area (Å²) >= 11 is 0. The van der Waals surface area contributed by atoms with E-state index in [1.807, 2.05) is 0 Å². The molecule has 0 unspecified atom stereocenters. The van der Waals surface area contributed by atoms with E-state index in [9.17, 15) is 24.9 Å².